The molecular formula is C72H72F4N8O44P4. The zero-order valence-corrected chi connectivity index (χ0v) is 70.5. The number of nitrogens with one attached hydrogen (secondary N) is 4. The second kappa shape index (κ2) is 38.6. The predicted molar refractivity (Wildman–Crippen MR) is 419 cm³/mol. The highest BCUT2D eigenvalue weighted by molar-refractivity contribution is 7.49. The van der Waals surface area contributed by atoms with Gasteiger partial charge in [-0.1, -0.05) is 48.5 Å². The van der Waals surface area contributed by atoms with Gasteiger partial charge in [0.15, 0.2) is 96.0 Å². The molecule has 8 aromatic rings. The minimum Gasteiger partial charge on any atom is -0.493 e. The number of phosphoric acid groups is 4. The Kier molecular flexibility index (Phi) is 26.2. The summed E-state index contributed by atoms with van der Waals surface area (Å²) >= 11 is 0. The Morgan fingerprint density at radius 2 is 0.629 bits per heavy atom. The molecule has 52 nitrogen and oxygen atoms in total. The van der Waals surface area contributed by atoms with Crippen LogP contribution in [0.3, 0.4) is 0 Å². The summed E-state index contributed by atoms with van der Waals surface area (Å²) in [5, 5.41) is 82.3. The molecule has 4 unspecified atom stereocenters. The van der Waals surface area contributed by atoms with Crippen LogP contribution in [0, 0.1) is 0 Å². The van der Waals surface area contributed by atoms with E-state index in [0.717, 1.165) is 6.20 Å². The number of aromatic amines is 4. The SMILES string of the molecule is COc1cccc2c1OP(=O)(OC[C@@]1(F)O[C@@H](n3cc(C=O)c(=O)[nH]c3=O)[C@H](O)[C@@H]1O)OC2.[2H]C([2H])(OP1(=O)OCc2cccc(OC)c2O1)[C@@]1(F)O[C@@H](n2cc(C=O)c(=O)[nH]c2=O)[C@H](O)[C@@H]1O.[2H]C([2H])(OP1(=O)OCc2cccc(OC)c2O1)[C@@]1(F)O[C@@]([2H])(n2cc(C=O)c(=O)[nH]c2=O)[C@H](O)[C@@H]1O.[2H][C@@]1(n2cc(C=O)c(=O)[nH]c2=O)O[C@](F)(COP2(=O)OCc3cccc(OC)c3O2)[C@@H](O)[C@H]1O. The number of carbonyl (C=O) groups excluding carboxylic acids is 4. The molecule has 4 fully saturated rings. The quantitative estimate of drug-likeness (QED) is 0.0216. The van der Waals surface area contributed by atoms with E-state index < -0.39 is 235 Å². The number of phosphoric ester groups is 4. The van der Waals surface area contributed by atoms with Crippen LogP contribution in [0.1, 0.15) is 96.8 Å². The van der Waals surface area contributed by atoms with Crippen LogP contribution in [-0.4, -0.2) is 231 Å². The predicted octanol–water partition coefficient (Wildman–Crippen LogP) is 0.0320. The van der Waals surface area contributed by atoms with Gasteiger partial charge in [0, 0.05) is 47.0 Å². The molecule has 8 aliphatic heterocycles. The summed E-state index contributed by atoms with van der Waals surface area (Å²) in [6.45, 7) is -11.7. The first-order valence-corrected chi connectivity index (χ1v) is 42.8. The normalized spacial score (nSPS) is 33.0. The summed E-state index contributed by atoms with van der Waals surface area (Å²) < 4.78 is 264. The number of benzene rings is 4. The number of alkyl halides is 4. The third kappa shape index (κ3) is 19.7. The van der Waals surface area contributed by atoms with Gasteiger partial charge in [0.1, 0.15) is 75.2 Å². The highest BCUT2D eigenvalue weighted by Crippen LogP contribution is 2.62. The van der Waals surface area contributed by atoms with Crippen LogP contribution in [0.15, 0.2) is 136 Å². The van der Waals surface area contributed by atoms with Crippen LogP contribution in [-0.2, 0) is 99.8 Å². The molecule has 12 heterocycles. The molecule has 0 bridgehead atoms. The largest absolute Gasteiger partial charge is 0.530 e. The van der Waals surface area contributed by atoms with Crippen molar-refractivity contribution in [2.75, 3.05) is 54.8 Å². The van der Waals surface area contributed by atoms with E-state index in [2.05, 4.69) is 4.52 Å². The van der Waals surface area contributed by atoms with E-state index in [-0.39, 0.29) is 93.5 Å². The Bertz CT molecular complexity index is 6810. The van der Waals surface area contributed by atoms with E-state index in [0.29, 0.717) is 50.0 Å². The summed E-state index contributed by atoms with van der Waals surface area (Å²) in [6.07, 6.45) is -27.6. The standard InChI is InChI=1S/4C18H18FN2O11P/c4*1-28-11-4-2-3-9-7-29-33(27,32-13(9)11)30-8-18(19)14(24)12(23)16(31-18)21-5-10(6-22)15(25)20-17(21)26/h4*2-6,12,14,16,23-24H,7-8H2,1H3,(H,20,25,26)/t4*12-,14+,16-,18-,33?/m1111/s1/i8D2,16D;16D;8D2;. The number of nitrogens with zero attached hydrogens (tertiary/aromatic N) is 4. The van der Waals surface area contributed by atoms with Crippen LogP contribution < -0.4 is 82.0 Å². The van der Waals surface area contributed by atoms with E-state index >= 15 is 17.6 Å². The molecule has 16 rings (SSSR count). The number of rotatable bonds is 24. The van der Waals surface area contributed by atoms with Crippen molar-refractivity contribution >= 4 is 56.4 Å². The van der Waals surface area contributed by atoms with E-state index in [1.807, 2.05) is 0 Å². The van der Waals surface area contributed by atoms with Crippen molar-refractivity contribution in [3.8, 4) is 46.0 Å². The molecule has 4 saturated heterocycles. The third-order valence-electron chi connectivity index (χ3n) is 19.5. The molecule has 0 aliphatic carbocycles. The Balaban J connectivity index is 0.000000155. The molecule has 132 heavy (non-hydrogen) atoms. The summed E-state index contributed by atoms with van der Waals surface area (Å²) in [7, 11) is -13.5. The molecule has 0 radical (unpaired) electrons. The lowest BCUT2D eigenvalue weighted by Gasteiger charge is -2.28. The number of para-hydroxylation sites is 4. The zero-order chi connectivity index (χ0) is 101. The van der Waals surface area contributed by atoms with Crippen LogP contribution >= 0.6 is 31.3 Å². The Labute approximate surface area is 738 Å². The van der Waals surface area contributed by atoms with Crippen LogP contribution in [0.5, 0.6) is 46.0 Å². The van der Waals surface area contributed by atoms with Gasteiger partial charge in [-0.2, -0.15) is 0 Å². The van der Waals surface area contributed by atoms with Crippen molar-refractivity contribution < 1.29 is 196 Å². The number of aromatic nitrogens is 8. The van der Waals surface area contributed by atoms with Crippen molar-refractivity contribution in [3.05, 3.63) is 225 Å². The van der Waals surface area contributed by atoms with Crippen molar-refractivity contribution in [2.24, 2.45) is 0 Å². The van der Waals surface area contributed by atoms with Gasteiger partial charge in [0.2, 0.25) is 0 Å². The minimum atomic E-state index is -4.98. The number of aldehydes is 4. The second-order valence-corrected chi connectivity index (χ2v) is 34.0. The minimum absolute atomic E-state index is 0.0174. The molecule has 0 amide bonds. The van der Waals surface area contributed by atoms with Gasteiger partial charge in [0.25, 0.3) is 45.7 Å². The van der Waals surface area contributed by atoms with Gasteiger partial charge < -0.3 is 96.8 Å². The topological polar surface area (TPSA) is 702 Å². The lowest BCUT2D eigenvalue weighted by Crippen LogP contribution is -2.43. The smallest absolute Gasteiger partial charge is 0.493 e. The van der Waals surface area contributed by atoms with Crippen LogP contribution in [0.4, 0.5) is 17.6 Å². The summed E-state index contributed by atoms with van der Waals surface area (Å²) in [5.41, 5.74) is -10.4. The van der Waals surface area contributed by atoms with E-state index in [4.69, 9.17) is 95.9 Å². The van der Waals surface area contributed by atoms with E-state index in [9.17, 15) is 117 Å². The highest BCUT2D eigenvalue weighted by atomic mass is 31.2. The molecule has 4 aromatic carbocycles. The number of hydrogen-bond donors (Lipinski definition) is 12. The van der Waals surface area contributed by atoms with Crippen LogP contribution in [0.25, 0.3) is 0 Å². The molecule has 12 N–H and O–H groups in total. The molecule has 0 saturated carbocycles. The fraction of sp³-hybridized carbons (Fsp3) is 0.389. The second-order valence-electron chi connectivity index (χ2n) is 27.8. The van der Waals surface area contributed by atoms with Crippen molar-refractivity contribution in [2.45, 2.75) is 124 Å². The maximum Gasteiger partial charge on any atom is 0.530 e. The number of ether oxygens (including phenoxy) is 8. The number of hydrogen-bond acceptors (Lipinski definition) is 44. The Hall–Kier alpha value is -11.5. The van der Waals surface area contributed by atoms with Gasteiger partial charge in [0.05, 0.1) is 85.3 Å². The number of H-pyrrole nitrogens is 4. The average molecular weight is 1960 g/mol. The molecule has 4 aromatic heterocycles. The summed E-state index contributed by atoms with van der Waals surface area (Å²) in [4.78, 5) is 146. The first kappa shape index (κ1) is 89.7. The average Bonchev–Trinajstić information content (AvgIpc) is 1.55. The maximum absolute atomic E-state index is 15.9. The monoisotopic (exact) mass is 1960 g/mol. The number of carbonyl (C=O) groups is 4. The van der Waals surface area contributed by atoms with Gasteiger partial charge in [-0.05, 0) is 24.3 Å². The lowest BCUT2D eigenvalue weighted by atomic mass is 10.1. The van der Waals surface area contributed by atoms with Gasteiger partial charge >= 0.3 is 54.0 Å². The molecule has 0 spiro atoms. The van der Waals surface area contributed by atoms with Crippen molar-refractivity contribution in [1.29, 1.82) is 0 Å². The molecule has 20 atom stereocenters. The number of aliphatic hydroxyl groups is 8. The number of fused-ring (bicyclic) bond motifs is 4. The van der Waals surface area contributed by atoms with Gasteiger partial charge in [-0.15, -0.1) is 0 Å². The molecule has 8 aliphatic rings. The fourth-order valence-corrected chi connectivity index (χ4v) is 17.3. The lowest BCUT2D eigenvalue weighted by molar-refractivity contribution is -0.205. The molecule has 60 heteroatoms. The number of aliphatic hydroxyl groups excluding tert-OH is 8. The Morgan fingerprint density at radius 3 is 0.932 bits per heavy atom. The summed E-state index contributed by atoms with van der Waals surface area (Å²) in [6, 6.07) is 18.6. The third-order valence-corrected chi connectivity index (χ3v) is 24.4. The molecule has 712 valence electrons. The maximum atomic E-state index is 15.9. The first-order valence-electron chi connectivity index (χ1n) is 40.0. The van der Waals surface area contributed by atoms with E-state index in [1.165, 1.54) is 64.8 Å². The number of halogens is 4. The van der Waals surface area contributed by atoms with Crippen molar-refractivity contribution in [1.82, 2.24) is 38.2 Å². The van der Waals surface area contributed by atoms with Crippen molar-refractivity contribution in [3.63, 3.8) is 0 Å². The first-order chi connectivity index (χ1) is 64.6. The Morgan fingerprint density at radius 1 is 0.386 bits per heavy atom. The summed E-state index contributed by atoms with van der Waals surface area (Å²) in [5.74, 6) is -14.3. The zero-order valence-electron chi connectivity index (χ0n) is 72.9. The van der Waals surface area contributed by atoms with Crippen LogP contribution in [0.2, 0.25) is 0 Å². The fourth-order valence-electron chi connectivity index (χ4n) is 12.7. The molecular weight excluding hydrogens is 1880 g/mol. The highest BCUT2D eigenvalue weighted by Gasteiger charge is 2.62. The van der Waals surface area contributed by atoms with Gasteiger partial charge in [-0.25, -0.2) is 55.0 Å². The van der Waals surface area contributed by atoms with E-state index in [1.54, 1.807) is 56.3 Å². The number of methoxy groups -OCH3 is 4. The van der Waals surface area contributed by atoms with Gasteiger partial charge in [-0.3, -0.25) is 113 Å².